The molecular formula is C14H22N2. The van der Waals surface area contributed by atoms with E-state index < -0.39 is 0 Å². The van der Waals surface area contributed by atoms with Gasteiger partial charge in [-0.15, -0.1) is 0 Å². The van der Waals surface area contributed by atoms with Crippen molar-refractivity contribution in [3.8, 4) is 0 Å². The molecule has 1 aliphatic rings. The fraction of sp³-hybridized carbons (Fsp3) is 0.571. The van der Waals surface area contributed by atoms with Crippen LogP contribution in [-0.4, -0.2) is 24.5 Å². The van der Waals surface area contributed by atoms with E-state index in [0.717, 1.165) is 24.7 Å². The predicted octanol–water partition coefficient (Wildman–Crippen LogP) is 2.33. The number of nitrogens with zero attached hydrogens (tertiary/aromatic N) is 1. The fourth-order valence-corrected chi connectivity index (χ4v) is 2.71. The molecule has 1 aromatic rings. The lowest BCUT2D eigenvalue weighted by Crippen LogP contribution is -2.29. The number of nitrogens with two attached hydrogens (primary N) is 1. The van der Waals surface area contributed by atoms with Gasteiger partial charge >= 0.3 is 0 Å². The number of nitrogen functional groups attached to an aromatic ring is 1. The zero-order chi connectivity index (χ0) is 11.5. The van der Waals surface area contributed by atoms with Crippen molar-refractivity contribution in [1.82, 2.24) is 4.90 Å². The Hall–Kier alpha value is -1.02. The summed E-state index contributed by atoms with van der Waals surface area (Å²) in [5.41, 5.74) is 9.70. The lowest BCUT2D eigenvalue weighted by atomic mass is 10.1. The number of fused-ring (bicyclic) bond motifs is 1. The van der Waals surface area contributed by atoms with Crippen LogP contribution in [0.4, 0.5) is 5.69 Å². The van der Waals surface area contributed by atoms with E-state index in [1.54, 1.807) is 0 Å². The zero-order valence-corrected chi connectivity index (χ0v) is 10.4. The molecule has 1 aliphatic carbocycles. The topological polar surface area (TPSA) is 29.3 Å². The summed E-state index contributed by atoms with van der Waals surface area (Å²) in [7, 11) is 0. The maximum atomic E-state index is 5.82. The van der Waals surface area contributed by atoms with Gasteiger partial charge in [0, 0.05) is 12.2 Å². The minimum absolute atomic E-state index is 0.789. The van der Waals surface area contributed by atoms with Crippen molar-refractivity contribution in [1.29, 1.82) is 0 Å². The Balaban J connectivity index is 2.00. The van der Waals surface area contributed by atoms with Gasteiger partial charge in [0.1, 0.15) is 0 Å². The summed E-state index contributed by atoms with van der Waals surface area (Å²) < 4.78 is 0. The molecule has 2 N–H and O–H groups in total. The maximum absolute atomic E-state index is 5.82. The van der Waals surface area contributed by atoms with Gasteiger partial charge in [-0.25, -0.2) is 0 Å². The van der Waals surface area contributed by atoms with Crippen molar-refractivity contribution in [2.24, 2.45) is 5.92 Å². The Morgan fingerprint density at radius 1 is 1.19 bits per heavy atom. The van der Waals surface area contributed by atoms with Gasteiger partial charge in [0.05, 0.1) is 0 Å². The maximum Gasteiger partial charge on any atom is 0.0316 e. The number of hydrogen-bond donors (Lipinski definition) is 1. The Morgan fingerprint density at radius 2 is 1.88 bits per heavy atom. The molecule has 16 heavy (non-hydrogen) atoms. The molecule has 2 rings (SSSR count). The smallest absolute Gasteiger partial charge is 0.0316 e. The van der Waals surface area contributed by atoms with Crippen LogP contribution in [0.1, 0.15) is 25.0 Å². The van der Waals surface area contributed by atoms with E-state index >= 15 is 0 Å². The summed E-state index contributed by atoms with van der Waals surface area (Å²) in [4.78, 5) is 2.51. The van der Waals surface area contributed by atoms with E-state index in [-0.39, 0.29) is 0 Å². The fourth-order valence-electron chi connectivity index (χ4n) is 2.71. The Labute approximate surface area is 98.4 Å². The molecule has 0 saturated heterocycles. The van der Waals surface area contributed by atoms with Crippen LogP contribution in [0.2, 0.25) is 0 Å². The quantitative estimate of drug-likeness (QED) is 0.786. The number of anilines is 1. The van der Waals surface area contributed by atoms with E-state index in [0.29, 0.717) is 0 Å². The van der Waals surface area contributed by atoms with Crippen LogP contribution in [0, 0.1) is 5.92 Å². The van der Waals surface area contributed by atoms with Crippen LogP contribution in [0.25, 0.3) is 0 Å². The van der Waals surface area contributed by atoms with Crippen molar-refractivity contribution in [2.75, 3.05) is 25.4 Å². The van der Waals surface area contributed by atoms with Gasteiger partial charge in [0.2, 0.25) is 0 Å². The van der Waals surface area contributed by atoms with E-state index in [4.69, 9.17) is 5.73 Å². The Morgan fingerprint density at radius 3 is 2.56 bits per heavy atom. The molecule has 0 aromatic heterocycles. The summed E-state index contributed by atoms with van der Waals surface area (Å²) in [6.07, 6.45) is 2.43. The van der Waals surface area contributed by atoms with Gasteiger partial charge in [0.25, 0.3) is 0 Å². The number of benzene rings is 1. The van der Waals surface area contributed by atoms with Crippen LogP contribution in [-0.2, 0) is 12.8 Å². The largest absolute Gasteiger partial charge is 0.399 e. The highest BCUT2D eigenvalue weighted by Crippen LogP contribution is 2.28. The molecule has 88 valence electrons. The summed E-state index contributed by atoms with van der Waals surface area (Å²) >= 11 is 0. The van der Waals surface area contributed by atoms with Crippen molar-refractivity contribution in [2.45, 2.75) is 26.7 Å². The average molecular weight is 218 g/mol. The molecule has 1 aromatic carbocycles. The Bertz CT molecular complexity index is 356. The van der Waals surface area contributed by atoms with E-state index in [1.165, 1.54) is 30.5 Å². The number of rotatable bonds is 4. The number of hydrogen-bond acceptors (Lipinski definition) is 2. The van der Waals surface area contributed by atoms with Crippen molar-refractivity contribution in [3.63, 3.8) is 0 Å². The third-order valence-electron chi connectivity index (χ3n) is 3.66. The highest BCUT2D eigenvalue weighted by atomic mass is 15.1. The van der Waals surface area contributed by atoms with Crippen molar-refractivity contribution >= 4 is 5.69 Å². The first-order chi connectivity index (χ1) is 7.72. The second-order valence-electron chi connectivity index (χ2n) is 4.79. The third kappa shape index (κ3) is 2.38. The normalized spacial score (nSPS) is 19.1. The summed E-state index contributed by atoms with van der Waals surface area (Å²) in [6, 6.07) is 6.38. The molecule has 2 nitrogen and oxygen atoms in total. The van der Waals surface area contributed by atoms with Crippen LogP contribution >= 0.6 is 0 Å². The highest BCUT2D eigenvalue weighted by Gasteiger charge is 2.22. The van der Waals surface area contributed by atoms with Gasteiger partial charge < -0.3 is 10.6 Å². The van der Waals surface area contributed by atoms with Crippen LogP contribution in [0.5, 0.6) is 0 Å². The second kappa shape index (κ2) is 4.88. The minimum atomic E-state index is 0.789. The summed E-state index contributed by atoms with van der Waals surface area (Å²) in [5.74, 6) is 0.789. The molecule has 1 atom stereocenters. The lowest BCUT2D eigenvalue weighted by Gasteiger charge is -2.21. The molecule has 2 heteroatoms. The molecule has 0 heterocycles. The van der Waals surface area contributed by atoms with Gasteiger partial charge in [-0.3, -0.25) is 0 Å². The molecule has 1 unspecified atom stereocenters. The monoisotopic (exact) mass is 218 g/mol. The predicted molar refractivity (Wildman–Crippen MR) is 69.5 cm³/mol. The third-order valence-corrected chi connectivity index (χ3v) is 3.66. The highest BCUT2D eigenvalue weighted by molar-refractivity contribution is 5.46. The molecule has 0 spiro atoms. The lowest BCUT2D eigenvalue weighted by molar-refractivity contribution is 0.256. The SMILES string of the molecule is CCN(CC)CC1Cc2ccc(N)cc2C1. The molecule has 0 bridgehead atoms. The van der Waals surface area contributed by atoms with Crippen molar-refractivity contribution in [3.05, 3.63) is 29.3 Å². The summed E-state index contributed by atoms with van der Waals surface area (Å²) in [6.45, 7) is 8.02. The molecule has 0 radical (unpaired) electrons. The van der Waals surface area contributed by atoms with Gasteiger partial charge in [0.15, 0.2) is 0 Å². The molecular weight excluding hydrogens is 196 g/mol. The molecule has 0 amide bonds. The molecule has 0 aliphatic heterocycles. The zero-order valence-electron chi connectivity index (χ0n) is 10.4. The molecule has 0 fully saturated rings. The van der Waals surface area contributed by atoms with Gasteiger partial charge in [-0.1, -0.05) is 19.9 Å². The second-order valence-corrected chi connectivity index (χ2v) is 4.79. The van der Waals surface area contributed by atoms with Crippen LogP contribution < -0.4 is 5.73 Å². The van der Waals surface area contributed by atoms with Crippen LogP contribution in [0.3, 0.4) is 0 Å². The first-order valence-corrected chi connectivity index (χ1v) is 6.32. The van der Waals surface area contributed by atoms with Gasteiger partial charge in [-0.05, 0) is 55.1 Å². The van der Waals surface area contributed by atoms with Crippen LogP contribution in [0.15, 0.2) is 18.2 Å². The average Bonchev–Trinajstić information content (AvgIpc) is 2.67. The first kappa shape index (κ1) is 11.5. The summed E-state index contributed by atoms with van der Waals surface area (Å²) in [5, 5.41) is 0. The Kier molecular flexibility index (Phi) is 3.49. The van der Waals surface area contributed by atoms with E-state index in [9.17, 15) is 0 Å². The van der Waals surface area contributed by atoms with Gasteiger partial charge in [-0.2, -0.15) is 0 Å². The first-order valence-electron chi connectivity index (χ1n) is 6.32. The minimum Gasteiger partial charge on any atom is -0.399 e. The standard InChI is InChI=1S/C14H22N2/c1-3-16(4-2)10-11-7-12-5-6-14(15)9-13(12)8-11/h5-6,9,11H,3-4,7-8,10,15H2,1-2H3. The molecule has 0 saturated carbocycles. The van der Waals surface area contributed by atoms with E-state index in [1.807, 2.05) is 6.07 Å². The van der Waals surface area contributed by atoms with Crippen molar-refractivity contribution < 1.29 is 0 Å². The van der Waals surface area contributed by atoms with E-state index in [2.05, 4.69) is 30.9 Å².